The van der Waals surface area contributed by atoms with Gasteiger partial charge in [0.15, 0.2) is 5.65 Å². The fourth-order valence-electron chi connectivity index (χ4n) is 3.86. The molecule has 3 aromatic carbocycles. The first-order valence-electron chi connectivity index (χ1n) is 9.09. The van der Waals surface area contributed by atoms with Crippen molar-refractivity contribution < 1.29 is 0 Å². The Morgan fingerprint density at radius 2 is 1.50 bits per heavy atom. The molecule has 0 saturated heterocycles. The van der Waals surface area contributed by atoms with Gasteiger partial charge in [0.2, 0.25) is 5.78 Å². The molecule has 134 valence electrons. The minimum atomic E-state index is -0.0930. The average Bonchev–Trinajstić information content (AvgIpc) is 3.25. The second-order valence-electron chi connectivity index (χ2n) is 6.96. The molecule has 0 aliphatic rings. The van der Waals surface area contributed by atoms with Crippen molar-refractivity contribution in [2.24, 2.45) is 0 Å². The highest BCUT2D eigenvalue weighted by atomic mass is 16.1. The van der Waals surface area contributed by atoms with Gasteiger partial charge in [-0.1, -0.05) is 42.0 Å². The van der Waals surface area contributed by atoms with Crippen LogP contribution in [-0.4, -0.2) is 23.8 Å². The van der Waals surface area contributed by atoms with Crippen LogP contribution in [0.5, 0.6) is 0 Å². The van der Waals surface area contributed by atoms with Gasteiger partial charge in [0.1, 0.15) is 0 Å². The van der Waals surface area contributed by atoms with Gasteiger partial charge in [-0.3, -0.25) is 9.20 Å². The highest BCUT2D eigenvalue weighted by molar-refractivity contribution is 5.95. The zero-order chi connectivity index (χ0) is 18.8. The molecule has 0 unspecified atom stereocenters. The summed E-state index contributed by atoms with van der Waals surface area (Å²) in [6.07, 6.45) is 0. The second kappa shape index (κ2) is 5.29. The summed E-state index contributed by atoms with van der Waals surface area (Å²) in [6, 6.07) is 23.5. The Morgan fingerprint density at radius 1 is 0.786 bits per heavy atom. The molecular weight excluding hydrogens is 350 g/mol. The van der Waals surface area contributed by atoms with Crippen LogP contribution in [-0.2, 0) is 0 Å². The minimum absolute atomic E-state index is 0.0930. The van der Waals surface area contributed by atoms with Gasteiger partial charge in [0, 0.05) is 5.39 Å². The molecule has 0 saturated carbocycles. The van der Waals surface area contributed by atoms with Crippen LogP contribution in [0.4, 0.5) is 0 Å². The van der Waals surface area contributed by atoms with Gasteiger partial charge in [-0.05, 0) is 43.3 Å². The maximum atomic E-state index is 13.4. The van der Waals surface area contributed by atoms with Crippen LogP contribution in [0, 0.1) is 6.92 Å². The van der Waals surface area contributed by atoms with Crippen molar-refractivity contribution in [2.45, 2.75) is 6.92 Å². The van der Waals surface area contributed by atoms with Crippen molar-refractivity contribution in [1.29, 1.82) is 0 Å². The van der Waals surface area contributed by atoms with Gasteiger partial charge in [-0.25, -0.2) is 4.57 Å². The number of hydrogen-bond acceptors (Lipinski definition) is 3. The quantitative estimate of drug-likeness (QED) is 0.446. The first-order chi connectivity index (χ1) is 13.7. The molecule has 0 atom stereocenters. The third-order valence-electron chi connectivity index (χ3n) is 5.20. The first-order valence-corrected chi connectivity index (χ1v) is 9.09. The van der Waals surface area contributed by atoms with E-state index in [4.69, 9.17) is 5.10 Å². The minimum Gasteiger partial charge on any atom is -0.268 e. The molecule has 0 aliphatic heterocycles. The molecule has 6 nitrogen and oxygen atoms in total. The molecule has 0 N–H and O–H groups in total. The molecule has 0 radical (unpaired) electrons. The summed E-state index contributed by atoms with van der Waals surface area (Å²) in [4.78, 5) is 13.4. The van der Waals surface area contributed by atoms with Crippen LogP contribution in [0.3, 0.4) is 0 Å². The van der Waals surface area contributed by atoms with Crippen LogP contribution < -0.4 is 5.56 Å². The normalized spacial score (nSPS) is 11.9. The highest BCUT2D eigenvalue weighted by Gasteiger charge is 2.19. The molecule has 3 aromatic heterocycles. The summed E-state index contributed by atoms with van der Waals surface area (Å²) in [5, 5.41) is 10.9. The zero-order valence-electron chi connectivity index (χ0n) is 15.1. The number of benzene rings is 3. The molecule has 6 heteroatoms. The van der Waals surface area contributed by atoms with Crippen LogP contribution in [0.2, 0.25) is 0 Å². The Labute approximate surface area is 158 Å². The maximum Gasteiger partial charge on any atom is 0.267 e. The van der Waals surface area contributed by atoms with Crippen molar-refractivity contribution >= 4 is 33.2 Å². The first kappa shape index (κ1) is 15.2. The van der Waals surface area contributed by atoms with Crippen molar-refractivity contribution in [1.82, 2.24) is 23.8 Å². The summed E-state index contributed by atoms with van der Waals surface area (Å²) < 4.78 is 5.30. The Morgan fingerprint density at radius 3 is 2.32 bits per heavy atom. The number of rotatable bonds is 1. The molecular formula is C22H15N5O. The molecule has 0 amide bonds. The summed E-state index contributed by atoms with van der Waals surface area (Å²) in [6.45, 7) is 2.03. The van der Waals surface area contributed by atoms with Gasteiger partial charge in [-0.2, -0.15) is 0 Å². The number of nitrogens with zero attached hydrogens (tertiary/aromatic N) is 5. The van der Waals surface area contributed by atoms with Crippen LogP contribution in [0.25, 0.3) is 38.9 Å². The number of hydrogen-bond donors (Lipinski definition) is 0. The van der Waals surface area contributed by atoms with E-state index in [1.807, 2.05) is 84.1 Å². The smallest absolute Gasteiger partial charge is 0.267 e. The van der Waals surface area contributed by atoms with E-state index in [-0.39, 0.29) is 5.56 Å². The van der Waals surface area contributed by atoms with Crippen molar-refractivity contribution in [3.63, 3.8) is 0 Å². The van der Waals surface area contributed by atoms with Gasteiger partial charge < -0.3 is 0 Å². The Kier molecular flexibility index (Phi) is 2.87. The highest BCUT2D eigenvalue weighted by Crippen LogP contribution is 2.24. The molecule has 6 aromatic rings. The zero-order valence-corrected chi connectivity index (χ0v) is 15.1. The standard InChI is InChI=1S/C22H15N5O/c1-14-10-12-15(13-11-14)25-21(28)17-7-3-5-9-19(17)26-20-16-6-2-4-8-18(16)23-27(20)24-22(25)26/h2-13H,1H3. The fourth-order valence-corrected chi connectivity index (χ4v) is 3.86. The van der Waals surface area contributed by atoms with E-state index in [0.717, 1.165) is 33.3 Å². The van der Waals surface area contributed by atoms with Gasteiger partial charge >= 0.3 is 0 Å². The van der Waals surface area contributed by atoms with E-state index in [0.29, 0.717) is 11.2 Å². The maximum absolute atomic E-state index is 13.4. The third-order valence-corrected chi connectivity index (χ3v) is 5.20. The lowest BCUT2D eigenvalue weighted by atomic mass is 10.2. The summed E-state index contributed by atoms with van der Waals surface area (Å²) in [5.41, 5.74) is 4.37. The molecule has 3 heterocycles. The van der Waals surface area contributed by atoms with Crippen LogP contribution in [0.1, 0.15) is 5.56 Å². The molecule has 0 aliphatic carbocycles. The summed E-state index contributed by atoms with van der Waals surface area (Å²) in [7, 11) is 0. The van der Waals surface area contributed by atoms with Crippen LogP contribution in [0.15, 0.2) is 77.6 Å². The van der Waals surface area contributed by atoms with Gasteiger partial charge in [0.25, 0.3) is 5.56 Å². The van der Waals surface area contributed by atoms with Gasteiger partial charge in [0.05, 0.1) is 22.1 Å². The largest absolute Gasteiger partial charge is 0.268 e. The predicted octanol–water partition coefficient (Wildman–Crippen LogP) is 3.75. The summed E-state index contributed by atoms with van der Waals surface area (Å²) in [5.74, 6) is 0.542. The molecule has 6 rings (SSSR count). The third kappa shape index (κ3) is 1.89. The molecule has 0 spiro atoms. The number of fused-ring (bicyclic) bond motifs is 7. The molecule has 0 bridgehead atoms. The van der Waals surface area contributed by atoms with E-state index in [1.165, 1.54) is 0 Å². The Hall–Kier alpha value is -3.93. The lowest BCUT2D eigenvalue weighted by Gasteiger charge is -2.10. The lowest BCUT2D eigenvalue weighted by Crippen LogP contribution is -2.21. The second-order valence-corrected chi connectivity index (χ2v) is 6.96. The van der Waals surface area contributed by atoms with E-state index < -0.39 is 0 Å². The van der Waals surface area contributed by atoms with E-state index in [1.54, 1.807) is 9.20 Å². The average molecular weight is 365 g/mol. The van der Waals surface area contributed by atoms with Crippen LogP contribution >= 0.6 is 0 Å². The van der Waals surface area contributed by atoms with E-state index in [9.17, 15) is 4.79 Å². The van der Waals surface area contributed by atoms with Crippen molar-refractivity contribution in [3.05, 3.63) is 88.7 Å². The Balaban J connectivity index is 1.91. The fraction of sp³-hybridized carbons (Fsp3) is 0.0455. The van der Waals surface area contributed by atoms with Crippen molar-refractivity contribution in [2.75, 3.05) is 0 Å². The lowest BCUT2D eigenvalue weighted by molar-refractivity contribution is 0.831. The number of aryl methyl sites for hydroxylation is 1. The topological polar surface area (TPSA) is 56.6 Å². The monoisotopic (exact) mass is 365 g/mol. The van der Waals surface area contributed by atoms with E-state index >= 15 is 0 Å². The van der Waals surface area contributed by atoms with E-state index in [2.05, 4.69) is 5.10 Å². The Bertz CT molecular complexity index is 1590. The number of aromatic nitrogens is 5. The predicted molar refractivity (Wildman–Crippen MR) is 109 cm³/mol. The molecule has 0 fully saturated rings. The number of para-hydroxylation sites is 1. The van der Waals surface area contributed by atoms with Crippen molar-refractivity contribution in [3.8, 4) is 5.69 Å². The molecule has 28 heavy (non-hydrogen) atoms. The SMILES string of the molecule is Cc1ccc(-n2c(=O)c3ccccc3n3c2nn2nc4ccccc4c23)cc1. The van der Waals surface area contributed by atoms with Gasteiger partial charge in [-0.15, -0.1) is 14.8 Å². The summed E-state index contributed by atoms with van der Waals surface area (Å²) >= 11 is 0.